The molecule has 2 heterocycles. The van der Waals surface area contributed by atoms with E-state index in [2.05, 4.69) is 4.72 Å². The summed E-state index contributed by atoms with van der Waals surface area (Å²) in [4.78, 5) is 2.80. The minimum absolute atomic E-state index is 0.206. The fourth-order valence-corrected chi connectivity index (χ4v) is 5.05. The molecule has 24 heavy (non-hydrogen) atoms. The fourth-order valence-electron chi connectivity index (χ4n) is 2.19. The van der Waals surface area contributed by atoms with Crippen molar-refractivity contribution in [3.8, 4) is 0 Å². The van der Waals surface area contributed by atoms with Crippen LogP contribution < -0.4 is 4.72 Å². The molecule has 126 valence electrons. The van der Waals surface area contributed by atoms with E-state index in [-0.39, 0.29) is 11.4 Å². The summed E-state index contributed by atoms with van der Waals surface area (Å²) >= 11 is 2.90. The Labute approximate surface area is 149 Å². The average molecular weight is 380 g/mol. The number of hydrogen-bond acceptors (Lipinski definition) is 5. The SMILES string of the molecule is Cc1ccc(S(=O)(=O)NCc2ccc(C(O)c3cccs3)s2)cc1. The van der Waals surface area contributed by atoms with Gasteiger partial charge >= 0.3 is 0 Å². The Morgan fingerprint density at radius 3 is 2.50 bits per heavy atom. The van der Waals surface area contributed by atoms with Gasteiger partial charge in [0, 0.05) is 21.2 Å². The van der Waals surface area contributed by atoms with Crippen LogP contribution in [0.1, 0.15) is 26.3 Å². The zero-order chi connectivity index (χ0) is 17.2. The summed E-state index contributed by atoms with van der Waals surface area (Å²) in [5, 5.41) is 12.2. The molecule has 7 heteroatoms. The first-order chi connectivity index (χ1) is 11.5. The first-order valence-corrected chi connectivity index (χ1v) is 10.5. The maximum absolute atomic E-state index is 12.3. The van der Waals surface area contributed by atoms with Gasteiger partial charge in [0.25, 0.3) is 0 Å². The Hall–Kier alpha value is -1.51. The molecule has 0 bridgehead atoms. The molecule has 1 unspecified atom stereocenters. The van der Waals surface area contributed by atoms with Crippen LogP contribution in [-0.2, 0) is 16.6 Å². The summed E-state index contributed by atoms with van der Waals surface area (Å²) < 4.78 is 27.2. The summed E-state index contributed by atoms with van der Waals surface area (Å²) in [5.74, 6) is 0. The van der Waals surface area contributed by atoms with Crippen LogP contribution in [0, 0.1) is 6.92 Å². The smallest absolute Gasteiger partial charge is 0.240 e. The molecule has 3 rings (SSSR count). The molecule has 0 radical (unpaired) electrons. The van der Waals surface area contributed by atoms with Gasteiger partial charge in [0.15, 0.2) is 0 Å². The summed E-state index contributed by atoms with van der Waals surface area (Å²) in [5.41, 5.74) is 1.01. The van der Waals surface area contributed by atoms with Gasteiger partial charge < -0.3 is 5.11 Å². The Bertz CT molecular complexity index is 897. The monoisotopic (exact) mass is 379 g/mol. The molecule has 0 aliphatic rings. The van der Waals surface area contributed by atoms with Crippen LogP contribution in [0.15, 0.2) is 58.8 Å². The minimum atomic E-state index is -3.53. The third-order valence-electron chi connectivity index (χ3n) is 3.53. The number of hydrogen-bond donors (Lipinski definition) is 2. The van der Waals surface area contributed by atoms with E-state index in [1.165, 1.54) is 22.7 Å². The van der Waals surface area contributed by atoms with Gasteiger partial charge in [-0.1, -0.05) is 23.8 Å². The van der Waals surface area contributed by atoms with E-state index in [9.17, 15) is 13.5 Å². The first kappa shape index (κ1) is 17.3. The normalized spacial score (nSPS) is 13.1. The lowest BCUT2D eigenvalue weighted by molar-refractivity contribution is 0.228. The molecule has 0 fully saturated rings. The highest BCUT2D eigenvalue weighted by Crippen LogP contribution is 2.31. The Balaban J connectivity index is 1.68. The second-order valence-electron chi connectivity index (χ2n) is 5.36. The van der Waals surface area contributed by atoms with E-state index in [1.807, 2.05) is 36.6 Å². The Morgan fingerprint density at radius 1 is 1.08 bits per heavy atom. The Kier molecular flexibility index (Phi) is 5.17. The van der Waals surface area contributed by atoms with E-state index in [0.29, 0.717) is 0 Å². The number of sulfonamides is 1. The van der Waals surface area contributed by atoms with Crippen molar-refractivity contribution in [2.24, 2.45) is 0 Å². The number of rotatable bonds is 6. The van der Waals surface area contributed by atoms with Crippen LogP contribution in [0.5, 0.6) is 0 Å². The van der Waals surface area contributed by atoms with Gasteiger partial charge in [-0.3, -0.25) is 0 Å². The molecule has 0 saturated heterocycles. The third-order valence-corrected chi connectivity index (χ3v) is 7.01. The van der Waals surface area contributed by atoms with Crippen molar-refractivity contribution in [2.45, 2.75) is 24.5 Å². The van der Waals surface area contributed by atoms with Gasteiger partial charge in [0.05, 0.1) is 4.90 Å². The van der Waals surface area contributed by atoms with Crippen LogP contribution in [-0.4, -0.2) is 13.5 Å². The van der Waals surface area contributed by atoms with Crippen molar-refractivity contribution in [1.82, 2.24) is 4.72 Å². The van der Waals surface area contributed by atoms with E-state index in [1.54, 1.807) is 24.3 Å². The minimum Gasteiger partial charge on any atom is -0.382 e. The van der Waals surface area contributed by atoms with Crippen LogP contribution in [0.25, 0.3) is 0 Å². The molecule has 0 saturated carbocycles. The number of nitrogens with one attached hydrogen (secondary N) is 1. The van der Waals surface area contributed by atoms with Gasteiger partial charge in [0.2, 0.25) is 10.0 Å². The highest BCUT2D eigenvalue weighted by molar-refractivity contribution is 7.89. The van der Waals surface area contributed by atoms with Crippen LogP contribution >= 0.6 is 22.7 Å². The van der Waals surface area contributed by atoms with Crippen molar-refractivity contribution < 1.29 is 13.5 Å². The lowest BCUT2D eigenvalue weighted by Crippen LogP contribution is -2.22. The van der Waals surface area contributed by atoms with Gasteiger partial charge in [-0.25, -0.2) is 13.1 Å². The third kappa shape index (κ3) is 3.93. The highest BCUT2D eigenvalue weighted by atomic mass is 32.2. The molecule has 0 aliphatic heterocycles. The van der Waals surface area contributed by atoms with Gasteiger partial charge in [-0.2, -0.15) is 0 Å². The van der Waals surface area contributed by atoms with Gasteiger partial charge in [-0.15, -0.1) is 22.7 Å². The number of benzene rings is 1. The maximum atomic E-state index is 12.3. The lowest BCUT2D eigenvalue weighted by atomic mass is 10.2. The topological polar surface area (TPSA) is 66.4 Å². The molecule has 2 aromatic heterocycles. The number of thiophene rings is 2. The van der Waals surface area contributed by atoms with Crippen LogP contribution in [0.4, 0.5) is 0 Å². The zero-order valence-electron chi connectivity index (χ0n) is 13.0. The van der Waals surface area contributed by atoms with Crippen molar-refractivity contribution in [3.63, 3.8) is 0 Å². The number of aliphatic hydroxyl groups excluding tert-OH is 1. The van der Waals surface area contributed by atoms with E-state index >= 15 is 0 Å². The molecule has 2 N–H and O–H groups in total. The van der Waals surface area contributed by atoms with Crippen LogP contribution in [0.2, 0.25) is 0 Å². The fraction of sp³-hybridized carbons (Fsp3) is 0.176. The van der Waals surface area contributed by atoms with Crippen LogP contribution in [0.3, 0.4) is 0 Å². The largest absolute Gasteiger partial charge is 0.382 e. The first-order valence-electron chi connectivity index (χ1n) is 7.32. The van der Waals surface area contributed by atoms with E-state index in [4.69, 9.17) is 0 Å². The predicted octanol–water partition coefficient (Wildman–Crippen LogP) is 3.68. The summed E-state index contributed by atoms with van der Waals surface area (Å²) in [6.07, 6.45) is -0.655. The highest BCUT2D eigenvalue weighted by Gasteiger charge is 2.16. The number of aryl methyl sites for hydroxylation is 1. The van der Waals surface area contributed by atoms with Crippen molar-refractivity contribution >= 4 is 32.7 Å². The zero-order valence-corrected chi connectivity index (χ0v) is 15.4. The van der Waals surface area contributed by atoms with E-state index < -0.39 is 16.1 Å². The second-order valence-corrected chi connectivity index (χ2v) is 9.31. The molecule has 0 spiro atoms. The molecule has 1 aromatic carbocycles. The molecule has 0 amide bonds. The molecule has 4 nitrogen and oxygen atoms in total. The molecule has 1 atom stereocenters. The van der Waals surface area contributed by atoms with Gasteiger partial charge in [-0.05, 0) is 42.6 Å². The average Bonchev–Trinajstić information content (AvgIpc) is 3.25. The standard InChI is InChI=1S/C17H17NO3S3/c1-12-4-7-14(8-5-12)24(20,21)18-11-13-6-9-16(23-13)17(19)15-3-2-10-22-15/h2-10,17-19H,11H2,1H3. The van der Waals surface area contributed by atoms with E-state index in [0.717, 1.165) is 20.2 Å². The summed E-state index contributed by atoms with van der Waals surface area (Å²) in [6, 6.07) is 14.2. The van der Waals surface area contributed by atoms with Crippen molar-refractivity contribution in [3.05, 3.63) is 74.1 Å². The van der Waals surface area contributed by atoms with Gasteiger partial charge in [0.1, 0.15) is 6.10 Å². The molecular weight excluding hydrogens is 362 g/mol. The van der Waals surface area contributed by atoms with Crippen molar-refractivity contribution in [1.29, 1.82) is 0 Å². The Morgan fingerprint density at radius 2 is 1.83 bits per heavy atom. The second kappa shape index (κ2) is 7.16. The molecular formula is C17H17NO3S3. The quantitative estimate of drug-likeness (QED) is 0.687. The summed E-state index contributed by atoms with van der Waals surface area (Å²) in [6.45, 7) is 2.12. The predicted molar refractivity (Wildman–Crippen MR) is 97.9 cm³/mol. The molecule has 0 aliphatic carbocycles. The maximum Gasteiger partial charge on any atom is 0.240 e. The lowest BCUT2D eigenvalue weighted by Gasteiger charge is -2.06. The number of aliphatic hydroxyl groups is 1. The van der Waals surface area contributed by atoms with Crippen molar-refractivity contribution in [2.75, 3.05) is 0 Å². The summed E-state index contributed by atoms with van der Waals surface area (Å²) in [7, 11) is -3.53. The molecule has 3 aromatic rings.